The highest BCUT2D eigenvalue weighted by Crippen LogP contribution is 2.46. The summed E-state index contributed by atoms with van der Waals surface area (Å²) in [5.74, 6) is 0. The first-order chi connectivity index (χ1) is 33.2. The summed E-state index contributed by atoms with van der Waals surface area (Å²) in [5.41, 5.74) is 18.1. The normalized spacial score (nSPS) is 11.6. The minimum Gasteiger partial charge on any atom is -0.456 e. The van der Waals surface area contributed by atoms with Crippen LogP contribution in [0, 0.1) is 0 Å². The van der Waals surface area contributed by atoms with Crippen LogP contribution in [0.1, 0.15) is 0 Å². The van der Waals surface area contributed by atoms with E-state index < -0.39 is 0 Å². The van der Waals surface area contributed by atoms with Crippen LogP contribution in [0.15, 0.2) is 258 Å². The van der Waals surface area contributed by atoms with Gasteiger partial charge in [-0.15, -0.1) is 0 Å². The second-order valence-electron chi connectivity index (χ2n) is 17.2. The van der Waals surface area contributed by atoms with Crippen molar-refractivity contribution in [3.8, 4) is 55.6 Å². The molecule has 0 aliphatic rings. The second-order valence-corrected chi connectivity index (χ2v) is 17.2. The third kappa shape index (κ3) is 6.76. The Morgan fingerprint density at radius 1 is 0.254 bits per heavy atom. The van der Waals surface area contributed by atoms with Crippen LogP contribution in [0.2, 0.25) is 0 Å². The third-order valence-corrected chi connectivity index (χ3v) is 13.3. The molecule has 0 aliphatic carbocycles. The molecule has 0 aliphatic heterocycles. The van der Waals surface area contributed by atoms with Gasteiger partial charge in [-0.25, -0.2) is 0 Å². The predicted octanol–water partition coefficient (Wildman–Crippen LogP) is 18.4. The van der Waals surface area contributed by atoms with Gasteiger partial charge in [0, 0.05) is 44.0 Å². The summed E-state index contributed by atoms with van der Waals surface area (Å²) >= 11 is 0. The average molecular weight is 856 g/mol. The second kappa shape index (κ2) is 16.0. The number of furan rings is 2. The highest BCUT2D eigenvalue weighted by molar-refractivity contribution is 6.14. The van der Waals surface area contributed by atoms with Gasteiger partial charge in [-0.2, -0.15) is 0 Å². The van der Waals surface area contributed by atoms with E-state index in [1.165, 1.54) is 27.6 Å². The molecular formula is C64H41NO2. The largest absolute Gasteiger partial charge is 0.456 e. The van der Waals surface area contributed by atoms with Crippen molar-refractivity contribution in [3.05, 3.63) is 249 Å². The molecule has 0 atom stereocenters. The monoisotopic (exact) mass is 855 g/mol. The fourth-order valence-corrected chi connectivity index (χ4v) is 9.98. The van der Waals surface area contributed by atoms with Crippen molar-refractivity contribution >= 4 is 71.7 Å². The molecule has 0 unspecified atom stereocenters. The average Bonchev–Trinajstić information content (AvgIpc) is 3.96. The Hall–Kier alpha value is -8.92. The van der Waals surface area contributed by atoms with Gasteiger partial charge in [0.25, 0.3) is 0 Å². The van der Waals surface area contributed by atoms with Gasteiger partial charge in [-0.1, -0.05) is 182 Å². The molecule has 0 amide bonds. The highest BCUT2D eigenvalue weighted by atomic mass is 16.3. The van der Waals surface area contributed by atoms with E-state index in [4.69, 9.17) is 8.83 Å². The van der Waals surface area contributed by atoms with Crippen LogP contribution in [0.3, 0.4) is 0 Å². The molecule has 0 N–H and O–H groups in total. The lowest BCUT2D eigenvalue weighted by Gasteiger charge is -2.28. The minimum atomic E-state index is 0.875. The van der Waals surface area contributed by atoms with E-state index in [1.807, 2.05) is 12.1 Å². The van der Waals surface area contributed by atoms with Gasteiger partial charge in [-0.3, -0.25) is 0 Å². The van der Waals surface area contributed by atoms with Crippen molar-refractivity contribution in [2.75, 3.05) is 4.90 Å². The molecule has 0 fully saturated rings. The van der Waals surface area contributed by atoms with Crippen molar-refractivity contribution in [1.82, 2.24) is 0 Å². The van der Waals surface area contributed by atoms with E-state index in [0.29, 0.717) is 0 Å². The summed E-state index contributed by atoms with van der Waals surface area (Å²) in [5, 5.41) is 6.83. The Bertz CT molecular complexity index is 3960. The lowest BCUT2D eigenvalue weighted by molar-refractivity contribution is 0.669. The molecular weight excluding hydrogens is 815 g/mol. The molecule has 0 radical (unpaired) electrons. The zero-order valence-corrected chi connectivity index (χ0v) is 36.4. The van der Waals surface area contributed by atoms with E-state index in [0.717, 1.165) is 99.7 Å². The lowest BCUT2D eigenvalue weighted by atomic mass is 9.91. The summed E-state index contributed by atoms with van der Waals surface area (Å²) in [6.45, 7) is 0. The summed E-state index contributed by atoms with van der Waals surface area (Å²) in [4.78, 5) is 2.37. The van der Waals surface area contributed by atoms with Crippen LogP contribution in [-0.2, 0) is 0 Å². The van der Waals surface area contributed by atoms with Crippen molar-refractivity contribution in [2.45, 2.75) is 0 Å². The Morgan fingerprint density at radius 3 is 1.54 bits per heavy atom. The van der Waals surface area contributed by atoms with Crippen LogP contribution in [0.25, 0.3) is 110 Å². The molecule has 0 spiro atoms. The molecule has 314 valence electrons. The molecule has 0 saturated heterocycles. The number of fused-ring (bicyclic) bond motifs is 7. The highest BCUT2D eigenvalue weighted by Gasteiger charge is 2.21. The van der Waals surface area contributed by atoms with E-state index in [1.54, 1.807) is 0 Å². The van der Waals surface area contributed by atoms with Crippen LogP contribution in [-0.4, -0.2) is 0 Å². The standard InChI is InChI=1S/C64H41NO2/c1-3-14-44(15-4-1)52-36-30-48(38-58(52)45-16-5-2-6-17-45)42-26-32-50(33-27-42)65(51-34-28-43(29-35-51)49-31-37-55-54-21-10-12-25-61(54)66-62(55)41-49)60-24-11-9-20-53(60)56-22-13-23-57-59-39-46-18-7-8-19-47(46)40-63(59)67-64(56)57/h1-41H. The van der Waals surface area contributed by atoms with Gasteiger partial charge in [0.2, 0.25) is 0 Å². The first-order valence-corrected chi connectivity index (χ1v) is 22.8. The van der Waals surface area contributed by atoms with Gasteiger partial charge < -0.3 is 13.7 Å². The van der Waals surface area contributed by atoms with E-state index >= 15 is 0 Å². The van der Waals surface area contributed by atoms with Gasteiger partial charge in [0.15, 0.2) is 0 Å². The van der Waals surface area contributed by atoms with Crippen LogP contribution < -0.4 is 4.90 Å². The molecule has 2 heterocycles. The summed E-state index contributed by atoms with van der Waals surface area (Å²) in [7, 11) is 0. The molecule has 13 aromatic rings. The maximum absolute atomic E-state index is 6.82. The van der Waals surface area contributed by atoms with Crippen molar-refractivity contribution in [3.63, 3.8) is 0 Å². The Labute approximate surface area is 388 Å². The van der Waals surface area contributed by atoms with Gasteiger partial charge >= 0.3 is 0 Å². The summed E-state index contributed by atoms with van der Waals surface area (Å²) in [6, 6.07) is 88.9. The maximum Gasteiger partial charge on any atom is 0.143 e. The van der Waals surface area contributed by atoms with Crippen molar-refractivity contribution in [2.24, 2.45) is 0 Å². The van der Waals surface area contributed by atoms with Gasteiger partial charge in [0.1, 0.15) is 22.3 Å². The zero-order chi connectivity index (χ0) is 44.3. The van der Waals surface area contributed by atoms with E-state index in [-0.39, 0.29) is 0 Å². The molecule has 3 nitrogen and oxygen atoms in total. The number of rotatable bonds is 8. The topological polar surface area (TPSA) is 29.5 Å². The molecule has 3 heteroatoms. The molecule has 67 heavy (non-hydrogen) atoms. The smallest absolute Gasteiger partial charge is 0.143 e. The van der Waals surface area contributed by atoms with Gasteiger partial charge in [0.05, 0.1) is 5.69 Å². The van der Waals surface area contributed by atoms with Crippen molar-refractivity contribution < 1.29 is 8.83 Å². The van der Waals surface area contributed by atoms with E-state index in [2.05, 4.69) is 241 Å². The molecule has 11 aromatic carbocycles. The third-order valence-electron chi connectivity index (χ3n) is 13.3. The number of anilines is 3. The SMILES string of the molecule is c1ccc(-c2ccc(-c3ccc(N(c4ccc(-c5ccc6c(c5)oc5ccccc56)cc4)c4ccccc4-c4cccc5c4oc4cc6ccccc6cc45)cc3)cc2-c2ccccc2)cc1. The Morgan fingerprint density at radius 2 is 0.791 bits per heavy atom. The number of para-hydroxylation sites is 3. The first kappa shape index (κ1) is 38.5. The summed E-state index contributed by atoms with van der Waals surface area (Å²) < 4.78 is 13.1. The minimum absolute atomic E-state index is 0.875. The first-order valence-electron chi connectivity index (χ1n) is 22.8. The van der Waals surface area contributed by atoms with Crippen LogP contribution in [0.5, 0.6) is 0 Å². The molecule has 0 saturated carbocycles. The number of hydrogen-bond acceptors (Lipinski definition) is 3. The van der Waals surface area contributed by atoms with Crippen molar-refractivity contribution in [1.29, 1.82) is 0 Å². The lowest BCUT2D eigenvalue weighted by Crippen LogP contribution is -2.11. The quantitative estimate of drug-likeness (QED) is 0.152. The predicted molar refractivity (Wildman–Crippen MR) is 280 cm³/mol. The van der Waals surface area contributed by atoms with Gasteiger partial charge in [-0.05, 0) is 122 Å². The summed E-state index contributed by atoms with van der Waals surface area (Å²) in [6.07, 6.45) is 0. The molecule has 0 bridgehead atoms. The number of benzene rings is 11. The molecule has 2 aromatic heterocycles. The number of nitrogens with zero attached hydrogens (tertiary/aromatic N) is 1. The van der Waals surface area contributed by atoms with Crippen LogP contribution in [0.4, 0.5) is 17.1 Å². The Kier molecular flexibility index (Phi) is 9.17. The molecule has 13 rings (SSSR count). The Balaban J connectivity index is 0.940. The fourth-order valence-electron chi connectivity index (χ4n) is 9.98. The fraction of sp³-hybridized carbons (Fsp3) is 0. The zero-order valence-electron chi connectivity index (χ0n) is 36.4. The maximum atomic E-state index is 6.82. The van der Waals surface area contributed by atoms with E-state index in [9.17, 15) is 0 Å². The number of hydrogen-bond donors (Lipinski definition) is 0. The van der Waals surface area contributed by atoms with Crippen LogP contribution >= 0.6 is 0 Å².